The number of benzene rings is 1. The maximum Gasteiger partial charge on any atom is 0.416 e. The number of halogens is 6. The zero-order chi connectivity index (χ0) is 18.9. The van der Waals surface area contributed by atoms with Crippen LogP contribution in [0.4, 0.5) is 32.0 Å². The van der Waals surface area contributed by atoms with E-state index in [0.29, 0.717) is 12.1 Å². The van der Waals surface area contributed by atoms with Crippen LogP contribution < -0.4 is 10.6 Å². The van der Waals surface area contributed by atoms with Gasteiger partial charge in [-0.2, -0.15) is 26.3 Å². The van der Waals surface area contributed by atoms with Crippen molar-refractivity contribution in [2.75, 3.05) is 5.32 Å². The van der Waals surface area contributed by atoms with E-state index in [-0.39, 0.29) is 6.07 Å². The molecule has 0 saturated heterocycles. The van der Waals surface area contributed by atoms with Gasteiger partial charge in [-0.1, -0.05) is 20.8 Å². The van der Waals surface area contributed by atoms with Gasteiger partial charge in [-0.15, -0.1) is 0 Å². The molecular formula is C14H14F6N2OS. The van der Waals surface area contributed by atoms with Gasteiger partial charge in [0.25, 0.3) is 0 Å². The van der Waals surface area contributed by atoms with Crippen LogP contribution in [0.2, 0.25) is 0 Å². The zero-order valence-electron chi connectivity index (χ0n) is 12.8. The molecule has 0 atom stereocenters. The van der Waals surface area contributed by atoms with Gasteiger partial charge in [0.2, 0.25) is 5.91 Å². The van der Waals surface area contributed by atoms with E-state index < -0.39 is 45.6 Å². The highest BCUT2D eigenvalue weighted by Gasteiger charge is 2.37. The topological polar surface area (TPSA) is 41.1 Å². The lowest BCUT2D eigenvalue weighted by Crippen LogP contribution is -2.41. The molecule has 1 amide bonds. The number of nitrogens with one attached hydrogen (secondary N) is 2. The van der Waals surface area contributed by atoms with Crippen molar-refractivity contribution in [1.29, 1.82) is 0 Å². The van der Waals surface area contributed by atoms with Crippen LogP contribution in [0.25, 0.3) is 0 Å². The highest BCUT2D eigenvalue weighted by Crippen LogP contribution is 2.37. The maximum absolute atomic E-state index is 12.7. The number of thiocarbonyl (C=S) groups is 1. The number of carbonyl (C=O) groups excluding carboxylic acids is 1. The molecule has 24 heavy (non-hydrogen) atoms. The van der Waals surface area contributed by atoms with Gasteiger partial charge in [-0.3, -0.25) is 4.79 Å². The minimum Gasteiger partial charge on any atom is -0.332 e. The first-order valence-electron chi connectivity index (χ1n) is 6.52. The van der Waals surface area contributed by atoms with Crippen molar-refractivity contribution >= 4 is 28.9 Å². The SMILES string of the molecule is CC(C)(C)C(=O)NC(=S)Nc1cc(C(F)(F)F)cc(C(F)(F)F)c1. The fourth-order valence-electron chi connectivity index (χ4n) is 1.48. The van der Waals surface area contributed by atoms with E-state index in [4.69, 9.17) is 12.2 Å². The lowest BCUT2D eigenvalue weighted by molar-refractivity contribution is -0.143. The van der Waals surface area contributed by atoms with Crippen LogP contribution in [0.15, 0.2) is 18.2 Å². The summed E-state index contributed by atoms with van der Waals surface area (Å²) in [4.78, 5) is 11.7. The molecule has 0 spiro atoms. The Morgan fingerprint density at radius 3 is 1.67 bits per heavy atom. The highest BCUT2D eigenvalue weighted by molar-refractivity contribution is 7.80. The van der Waals surface area contributed by atoms with Gasteiger partial charge in [-0.05, 0) is 30.4 Å². The molecule has 1 aromatic carbocycles. The fraction of sp³-hybridized carbons (Fsp3) is 0.429. The molecule has 0 saturated carbocycles. The van der Waals surface area contributed by atoms with E-state index in [1.165, 1.54) is 0 Å². The maximum atomic E-state index is 12.7. The molecule has 0 aromatic heterocycles. The Kier molecular flexibility index (Phi) is 5.54. The van der Waals surface area contributed by atoms with Crippen LogP contribution in [0.5, 0.6) is 0 Å². The molecule has 134 valence electrons. The summed E-state index contributed by atoms with van der Waals surface area (Å²) in [5, 5.41) is 3.97. The molecule has 0 aliphatic heterocycles. The Bertz CT molecular complexity index is 614. The Morgan fingerprint density at radius 2 is 1.33 bits per heavy atom. The fourth-order valence-corrected chi connectivity index (χ4v) is 1.69. The Hall–Kier alpha value is -1.84. The highest BCUT2D eigenvalue weighted by atomic mass is 32.1. The van der Waals surface area contributed by atoms with Gasteiger partial charge < -0.3 is 10.6 Å². The molecule has 3 nitrogen and oxygen atoms in total. The second-order valence-corrected chi connectivity index (χ2v) is 6.36. The number of hydrogen-bond acceptors (Lipinski definition) is 2. The largest absolute Gasteiger partial charge is 0.416 e. The van der Waals surface area contributed by atoms with Gasteiger partial charge in [0, 0.05) is 11.1 Å². The molecule has 0 fully saturated rings. The molecule has 0 bridgehead atoms. The van der Waals surface area contributed by atoms with Crippen LogP contribution >= 0.6 is 12.2 Å². The van der Waals surface area contributed by atoms with Crippen molar-refractivity contribution in [3.8, 4) is 0 Å². The average Bonchev–Trinajstić information content (AvgIpc) is 2.34. The minimum atomic E-state index is -4.96. The van der Waals surface area contributed by atoms with Gasteiger partial charge in [0.05, 0.1) is 11.1 Å². The van der Waals surface area contributed by atoms with Crippen molar-refractivity contribution in [2.45, 2.75) is 33.1 Å². The molecule has 0 radical (unpaired) electrons. The molecule has 10 heteroatoms. The lowest BCUT2D eigenvalue weighted by Gasteiger charge is -2.19. The summed E-state index contributed by atoms with van der Waals surface area (Å²) in [6, 6.07) is 0.956. The van der Waals surface area contributed by atoms with Crippen molar-refractivity contribution in [1.82, 2.24) is 5.32 Å². The molecular weight excluding hydrogens is 358 g/mol. The van der Waals surface area contributed by atoms with Gasteiger partial charge in [-0.25, -0.2) is 0 Å². The van der Waals surface area contributed by atoms with Crippen LogP contribution in [0.1, 0.15) is 31.9 Å². The van der Waals surface area contributed by atoms with Gasteiger partial charge >= 0.3 is 12.4 Å². The second kappa shape index (κ2) is 6.58. The third-order valence-electron chi connectivity index (χ3n) is 2.75. The molecule has 1 aromatic rings. The summed E-state index contributed by atoms with van der Waals surface area (Å²) < 4.78 is 76.5. The average molecular weight is 372 g/mol. The predicted octanol–water partition coefficient (Wildman–Crippen LogP) is 4.58. The van der Waals surface area contributed by atoms with Crippen molar-refractivity contribution in [3.63, 3.8) is 0 Å². The predicted molar refractivity (Wildman–Crippen MR) is 80.3 cm³/mol. The van der Waals surface area contributed by atoms with Crippen LogP contribution in [0, 0.1) is 5.41 Å². The molecule has 0 unspecified atom stereocenters. The normalized spacial score (nSPS) is 12.7. The molecule has 0 aliphatic rings. The molecule has 2 N–H and O–H groups in total. The summed E-state index contributed by atoms with van der Waals surface area (Å²) in [5.74, 6) is -0.539. The molecule has 0 aliphatic carbocycles. The van der Waals surface area contributed by atoms with Crippen molar-refractivity contribution in [2.24, 2.45) is 5.41 Å². The Labute approximate surface area is 139 Å². The molecule has 0 heterocycles. The van der Waals surface area contributed by atoms with Crippen molar-refractivity contribution < 1.29 is 31.1 Å². The van der Waals surface area contributed by atoms with E-state index in [2.05, 4.69) is 10.6 Å². The second-order valence-electron chi connectivity index (χ2n) is 5.95. The quantitative estimate of drug-likeness (QED) is 0.560. The lowest BCUT2D eigenvalue weighted by atomic mass is 9.96. The summed E-state index contributed by atoms with van der Waals surface area (Å²) >= 11 is 4.75. The van der Waals surface area contributed by atoms with E-state index >= 15 is 0 Å². The molecule has 1 rings (SSSR count). The Balaban J connectivity index is 3.11. The number of hydrogen-bond donors (Lipinski definition) is 2. The standard InChI is InChI=1S/C14H14F6N2OS/c1-12(2,3)10(23)22-11(24)21-9-5-7(13(15,16)17)4-8(6-9)14(18,19)20/h4-6H,1-3H3,(H2,21,22,23,24). The summed E-state index contributed by atoms with van der Waals surface area (Å²) in [6.07, 6.45) is -9.93. The van der Waals surface area contributed by atoms with Crippen molar-refractivity contribution in [3.05, 3.63) is 29.3 Å². The van der Waals surface area contributed by atoms with E-state index in [9.17, 15) is 31.1 Å². The number of rotatable bonds is 1. The van der Waals surface area contributed by atoms with Gasteiger partial charge in [0.1, 0.15) is 0 Å². The summed E-state index contributed by atoms with van der Waals surface area (Å²) in [7, 11) is 0. The van der Waals surface area contributed by atoms with Crippen LogP contribution in [-0.4, -0.2) is 11.0 Å². The zero-order valence-corrected chi connectivity index (χ0v) is 13.6. The van der Waals surface area contributed by atoms with E-state index in [0.717, 1.165) is 0 Å². The van der Waals surface area contributed by atoms with Crippen LogP contribution in [-0.2, 0) is 17.1 Å². The van der Waals surface area contributed by atoms with E-state index in [1.54, 1.807) is 20.8 Å². The summed E-state index contributed by atoms with van der Waals surface area (Å²) in [5.41, 5.74) is -4.33. The van der Waals surface area contributed by atoms with Crippen LogP contribution in [0.3, 0.4) is 0 Å². The third-order valence-corrected chi connectivity index (χ3v) is 2.96. The number of anilines is 1. The first-order chi connectivity index (χ1) is 10.6. The number of amides is 1. The van der Waals surface area contributed by atoms with E-state index in [1.807, 2.05) is 0 Å². The number of carbonyl (C=O) groups is 1. The third kappa shape index (κ3) is 5.66. The number of alkyl halides is 6. The summed E-state index contributed by atoms with van der Waals surface area (Å²) in [6.45, 7) is 4.70. The first-order valence-corrected chi connectivity index (χ1v) is 6.93. The monoisotopic (exact) mass is 372 g/mol. The minimum absolute atomic E-state index is 0.00195. The van der Waals surface area contributed by atoms with Gasteiger partial charge in [0.15, 0.2) is 5.11 Å². The smallest absolute Gasteiger partial charge is 0.332 e. The Morgan fingerprint density at radius 1 is 0.917 bits per heavy atom. The first kappa shape index (κ1) is 20.2.